The number of hydrogen-bond donors (Lipinski definition) is 0. The van der Waals surface area contributed by atoms with E-state index in [0.29, 0.717) is 32.2 Å². The lowest BCUT2D eigenvalue weighted by atomic mass is 9.88. The third-order valence-electron chi connectivity index (χ3n) is 8.67. The number of carbonyl (C=O) groups excluding carboxylic acids is 1. The summed E-state index contributed by atoms with van der Waals surface area (Å²) in [6.45, 7) is 5.21. The number of fused-ring (bicyclic) bond motifs is 1. The minimum atomic E-state index is -0.332. The molecule has 6 rings (SSSR count). The lowest BCUT2D eigenvalue weighted by Gasteiger charge is -2.35. The van der Waals surface area contributed by atoms with Crippen LogP contribution in [0.15, 0.2) is 66.7 Å². The number of nitrogens with zero attached hydrogens (tertiary/aromatic N) is 2. The number of piperidine rings is 1. The first-order valence-electron chi connectivity index (χ1n) is 14.1. The summed E-state index contributed by atoms with van der Waals surface area (Å²) in [7, 11) is 1.68. The van der Waals surface area contributed by atoms with Crippen LogP contribution >= 0.6 is 0 Å². The molecule has 206 valence electrons. The second kappa shape index (κ2) is 11.7. The SMILES string of the molecule is COCC1COC(C2CN(C(=O)c3ccc4ccccc4c3)CC2CN2CCC(c3ccc(F)cc3)CC2)O1. The van der Waals surface area contributed by atoms with Crippen molar-refractivity contribution in [3.63, 3.8) is 0 Å². The second-order valence-electron chi connectivity index (χ2n) is 11.2. The summed E-state index contributed by atoms with van der Waals surface area (Å²) in [6, 6.07) is 21.1. The molecule has 7 heteroatoms. The fourth-order valence-electron chi connectivity index (χ4n) is 6.55. The molecule has 0 aromatic heterocycles. The van der Waals surface area contributed by atoms with E-state index in [4.69, 9.17) is 14.2 Å². The summed E-state index contributed by atoms with van der Waals surface area (Å²) < 4.78 is 31.0. The molecule has 4 atom stereocenters. The number of amides is 1. The van der Waals surface area contributed by atoms with E-state index in [2.05, 4.69) is 11.0 Å². The van der Waals surface area contributed by atoms with Gasteiger partial charge in [-0.25, -0.2) is 4.39 Å². The minimum Gasteiger partial charge on any atom is -0.382 e. The highest BCUT2D eigenvalue weighted by Crippen LogP contribution is 2.35. The van der Waals surface area contributed by atoms with Crippen molar-refractivity contribution in [3.8, 4) is 0 Å². The van der Waals surface area contributed by atoms with Crippen LogP contribution in [0.2, 0.25) is 0 Å². The number of rotatable bonds is 7. The molecule has 3 heterocycles. The predicted octanol–water partition coefficient (Wildman–Crippen LogP) is 4.93. The molecule has 39 heavy (non-hydrogen) atoms. The molecule has 3 saturated heterocycles. The van der Waals surface area contributed by atoms with Gasteiger partial charge in [0.1, 0.15) is 11.9 Å². The first-order chi connectivity index (χ1) is 19.1. The zero-order chi connectivity index (χ0) is 26.8. The maximum Gasteiger partial charge on any atom is 0.253 e. The average molecular weight is 533 g/mol. The Bertz CT molecular complexity index is 1280. The highest BCUT2D eigenvalue weighted by molar-refractivity contribution is 5.98. The normalized spacial score (nSPS) is 26.5. The molecule has 0 saturated carbocycles. The number of halogens is 1. The minimum absolute atomic E-state index is 0.0645. The van der Waals surface area contributed by atoms with Crippen LogP contribution in [0.3, 0.4) is 0 Å². The van der Waals surface area contributed by atoms with Crippen molar-refractivity contribution in [2.24, 2.45) is 11.8 Å². The van der Waals surface area contributed by atoms with Crippen molar-refractivity contribution in [3.05, 3.63) is 83.7 Å². The third kappa shape index (κ3) is 5.87. The Kier molecular flexibility index (Phi) is 7.93. The van der Waals surface area contributed by atoms with Crippen molar-refractivity contribution in [2.75, 3.05) is 53.0 Å². The topological polar surface area (TPSA) is 51.2 Å². The molecule has 3 aliphatic rings. The standard InChI is InChI=1S/C32H37FN2O4/c1-37-20-29-21-38-32(39-29)30-19-35(31(36)26-7-6-22-4-2-3-5-25(22)16-26)18-27(30)17-34-14-12-24(13-15-34)23-8-10-28(33)11-9-23/h2-11,16,24,27,29-30,32H,12-15,17-21H2,1H3. The van der Waals surface area contributed by atoms with Crippen molar-refractivity contribution >= 4 is 16.7 Å². The largest absolute Gasteiger partial charge is 0.382 e. The van der Waals surface area contributed by atoms with Gasteiger partial charge in [0.15, 0.2) is 6.29 Å². The molecule has 4 unspecified atom stereocenters. The summed E-state index contributed by atoms with van der Waals surface area (Å²) in [6.07, 6.45) is 1.70. The fraction of sp³-hybridized carbons (Fsp3) is 0.469. The Hall–Kier alpha value is -2.84. The first-order valence-corrected chi connectivity index (χ1v) is 14.1. The fourth-order valence-corrected chi connectivity index (χ4v) is 6.55. The molecule has 3 fully saturated rings. The summed E-state index contributed by atoms with van der Waals surface area (Å²) >= 11 is 0. The Morgan fingerprint density at radius 2 is 1.77 bits per heavy atom. The Morgan fingerprint density at radius 1 is 1.00 bits per heavy atom. The number of benzene rings is 3. The van der Waals surface area contributed by atoms with E-state index in [1.165, 1.54) is 5.56 Å². The van der Waals surface area contributed by atoms with Crippen LogP contribution in [0.1, 0.15) is 34.7 Å². The van der Waals surface area contributed by atoms with Crippen molar-refractivity contribution in [2.45, 2.75) is 31.2 Å². The molecule has 0 aliphatic carbocycles. The van der Waals surface area contributed by atoms with Crippen LogP contribution in [0.25, 0.3) is 10.8 Å². The quantitative estimate of drug-likeness (QED) is 0.432. The molecule has 0 radical (unpaired) electrons. The second-order valence-corrected chi connectivity index (χ2v) is 11.2. The number of carbonyl (C=O) groups is 1. The van der Waals surface area contributed by atoms with Gasteiger partial charge >= 0.3 is 0 Å². The van der Waals surface area contributed by atoms with Gasteiger partial charge in [0, 0.05) is 38.2 Å². The van der Waals surface area contributed by atoms with Gasteiger partial charge in [0.05, 0.1) is 13.2 Å². The predicted molar refractivity (Wildman–Crippen MR) is 148 cm³/mol. The van der Waals surface area contributed by atoms with Gasteiger partial charge in [-0.2, -0.15) is 0 Å². The summed E-state index contributed by atoms with van der Waals surface area (Å²) in [4.78, 5) is 18.2. The Morgan fingerprint density at radius 3 is 2.54 bits per heavy atom. The molecule has 1 amide bonds. The molecule has 3 aromatic rings. The van der Waals surface area contributed by atoms with E-state index in [0.717, 1.165) is 48.8 Å². The molecule has 3 aliphatic heterocycles. The van der Waals surface area contributed by atoms with Gasteiger partial charge < -0.3 is 24.0 Å². The van der Waals surface area contributed by atoms with Crippen molar-refractivity contribution in [1.82, 2.24) is 9.80 Å². The summed E-state index contributed by atoms with van der Waals surface area (Å²) in [5.41, 5.74) is 1.94. The lowest BCUT2D eigenvalue weighted by Crippen LogP contribution is -2.40. The van der Waals surface area contributed by atoms with Crippen LogP contribution in [-0.4, -0.2) is 81.1 Å². The summed E-state index contributed by atoms with van der Waals surface area (Å²) in [5.74, 6) is 0.697. The van der Waals surface area contributed by atoms with Crippen molar-refractivity contribution in [1.29, 1.82) is 0 Å². The monoisotopic (exact) mass is 532 g/mol. The van der Waals surface area contributed by atoms with E-state index in [1.807, 2.05) is 53.4 Å². The smallest absolute Gasteiger partial charge is 0.253 e. The molecule has 6 nitrogen and oxygen atoms in total. The van der Waals surface area contributed by atoms with Crippen LogP contribution in [0.5, 0.6) is 0 Å². The number of likely N-dealkylation sites (tertiary alicyclic amines) is 2. The van der Waals surface area contributed by atoms with Gasteiger partial charge in [-0.3, -0.25) is 4.79 Å². The van der Waals surface area contributed by atoms with Gasteiger partial charge in [0.2, 0.25) is 0 Å². The van der Waals surface area contributed by atoms with Gasteiger partial charge in [-0.1, -0.05) is 42.5 Å². The van der Waals surface area contributed by atoms with Gasteiger partial charge in [-0.05, 0) is 78.4 Å². The van der Waals surface area contributed by atoms with Crippen LogP contribution in [0.4, 0.5) is 4.39 Å². The van der Waals surface area contributed by atoms with Crippen molar-refractivity contribution < 1.29 is 23.4 Å². The van der Waals surface area contributed by atoms with E-state index in [-0.39, 0.29) is 36.0 Å². The zero-order valence-electron chi connectivity index (χ0n) is 22.5. The zero-order valence-corrected chi connectivity index (χ0v) is 22.5. The van der Waals surface area contributed by atoms with E-state index >= 15 is 0 Å². The third-order valence-corrected chi connectivity index (χ3v) is 8.67. The molecular formula is C32H37FN2O4. The van der Waals surface area contributed by atoms with Crippen LogP contribution in [0, 0.1) is 17.7 Å². The maximum atomic E-state index is 13.7. The molecule has 0 spiro atoms. The Labute approximate surface area is 229 Å². The van der Waals surface area contributed by atoms with Crippen LogP contribution < -0.4 is 0 Å². The van der Waals surface area contributed by atoms with Crippen LogP contribution in [-0.2, 0) is 14.2 Å². The molecule has 0 bridgehead atoms. The van der Waals surface area contributed by atoms with Gasteiger partial charge in [0.25, 0.3) is 5.91 Å². The molecular weight excluding hydrogens is 495 g/mol. The summed E-state index contributed by atoms with van der Waals surface area (Å²) in [5, 5.41) is 2.21. The van der Waals surface area contributed by atoms with E-state index in [9.17, 15) is 9.18 Å². The molecule has 3 aromatic carbocycles. The number of ether oxygens (including phenoxy) is 3. The first kappa shape index (κ1) is 26.4. The van der Waals surface area contributed by atoms with E-state index in [1.54, 1.807) is 19.2 Å². The highest BCUT2D eigenvalue weighted by Gasteiger charge is 2.45. The average Bonchev–Trinajstić information content (AvgIpc) is 3.60. The maximum absolute atomic E-state index is 13.7. The highest BCUT2D eigenvalue weighted by atomic mass is 19.1. The lowest BCUT2D eigenvalue weighted by molar-refractivity contribution is -0.111. The number of hydrogen-bond acceptors (Lipinski definition) is 5. The Balaban J connectivity index is 1.14. The van der Waals surface area contributed by atoms with E-state index < -0.39 is 0 Å². The number of methoxy groups -OCH3 is 1. The molecule has 0 N–H and O–H groups in total. The van der Waals surface area contributed by atoms with Gasteiger partial charge in [-0.15, -0.1) is 0 Å².